The summed E-state index contributed by atoms with van der Waals surface area (Å²) in [5.41, 5.74) is 5.07. The van der Waals surface area contributed by atoms with E-state index < -0.39 is 22.2 Å². The first kappa shape index (κ1) is 14.9. The van der Waals surface area contributed by atoms with Crippen LogP contribution in [0.1, 0.15) is 12.5 Å². The second-order valence-corrected chi connectivity index (χ2v) is 6.24. The molecule has 0 spiro atoms. The third-order valence-electron chi connectivity index (χ3n) is 2.41. The summed E-state index contributed by atoms with van der Waals surface area (Å²) in [5.74, 6) is -0.263. The van der Waals surface area contributed by atoms with Gasteiger partial charge in [-0.3, -0.25) is 0 Å². The van der Waals surface area contributed by atoms with Crippen LogP contribution in [0.4, 0.5) is 5.69 Å². The van der Waals surface area contributed by atoms with Crippen molar-refractivity contribution in [1.29, 1.82) is 0 Å². The maximum Gasteiger partial charge on any atom is 0.215 e. The maximum atomic E-state index is 11.8. The van der Waals surface area contributed by atoms with Gasteiger partial charge in [-0.2, -0.15) is 0 Å². The molecule has 0 amide bonds. The van der Waals surface area contributed by atoms with Crippen molar-refractivity contribution in [3.8, 4) is 0 Å². The number of sulfonamides is 1. The molecule has 102 valence electrons. The van der Waals surface area contributed by atoms with Crippen LogP contribution in [0.5, 0.6) is 0 Å². The van der Waals surface area contributed by atoms with Gasteiger partial charge in [0.15, 0.2) is 0 Å². The number of nitrogens with two attached hydrogens (primary N) is 1. The van der Waals surface area contributed by atoms with Crippen molar-refractivity contribution in [2.24, 2.45) is 0 Å². The summed E-state index contributed by atoms with van der Waals surface area (Å²) in [5, 5.41) is 18.3. The van der Waals surface area contributed by atoms with Gasteiger partial charge >= 0.3 is 0 Å². The number of benzene rings is 1. The van der Waals surface area contributed by atoms with E-state index in [1.807, 2.05) is 0 Å². The van der Waals surface area contributed by atoms with E-state index in [0.717, 1.165) is 0 Å². The van der Waals surface area contributed by atoms with E-state index in [2.05, 4.69) is 4.72 Å². The summed E-state index contributed by atoms with van der Waals surface area (Å²) >= 11 is 0. The fourth-order valence-corrected chi connectivity index (χ4v) is 2.55. The van der Waals surface area contributed by atoms with Crippen molar-refractivity contribution in [3.63, 3.8) is 0 Å². The lowest BCUT2D eigenvalue weighted by Gasteiger charge is -2.20. The highest BCUT2D eigenvalue weighted by atomic mass is 32.2. The monoisotopic (exact) mass is 274 g/mol. The Morgan fingerprint density at radius 3 is 2.56 bits per heavy atom. The highest BCUT2D eigenvalue weighted by Gasteiger charge is 2.22. The Bertz CT molecular complexity index is 500. The zero-order valence-corrected chi connectivity index (χ0v) is 10.9. The van der Waals surface area contributed by atoms with Crippen LogP contribution in [0.15, 0.2) is 24.3 Å². The number of anilines is 1. The van der Waals surface area contributed by atoms with E-state index in [9.17, 15) is 13.5 Å². The van der Waals surface area contributed by atoms with Gasteiger partial charge in [-0.15, -0.1) is 0 Å². The van der Waals surface area contributed by atoms with Crippen LogP contribution in [0.2, 0.25) is 0 Å². The molecule has 0 saturated heterocycles. The number of aliphatic hydroxyl groups excluding tert-OH is 1. The molecule has 0 aliphatic heterocycles. The van der Waals surface area contributed by atoms with Crippen LogP contribution in [-0.2, 0) is 15.8 Å². The summed E-state index contributed by atoms with van der Waals surface area (Å²) in [4.78, 5) is 0. The largest absolute Gasteiger partial charge is 0.398 e. The number of nitrogens with one attached hydrogen (secondary N) is 1. The molecule has 1 unspecified atom stereocenters. The molecular weight excluding hydrogens is 256 g/mol. The first-order chi connectivity index (χ1) is 8.26. The number of para-hydroxylation sites is 1. The molecule has 0 saturated carbocycles. The average molecular weight is 274 g/mol. The standard InChI is InChI=1S/C11H18N2O4S/c1-11(15,8-14)7-13-18(16,17)6-9-4-2-3-5-10(9)12/h2-5,13-15H,6-8,12H2,1H3. The van der Waals surface area contributed by atoms with Crippen LogP contribution in [0.25, 0.3) is 0 Å². The third kappa shape index (κ3) is 4.61. The molecule has 0 bridgehead atoms. The van der Waals surface area contributed by atoms with Crippen LogP contribution >= 0.6 is 0 Å². The Hall–Kier alpha value is -1.15. The molecule has 6 nitrogen and oxygen atoms in total. The summed E-state index contributed by atoms with van der Waals surface area (Å²) in [7, 11) is -3.60. The summed E-state index contributed by atoms with van der Waals surface area (Å²) in [6, 6.07) is 6.66. The quantitative estimate of drug-likeness (QED) is 0.519. The lowest BCUT2D eigenvalue weighted by atomic mass is 10.1. The molecule has 0 heterocycles. The lowest BCUT2D eigenvalue weighted by molar-refractivity contribution is 0.00680. The van der Waals surface area contributed by atoms with Crippen LogP contribution < -0.4 is 10.5 Å². The fourth-order valence-electron chi connectivity index (χ4n) is 1.24. The van der Waals surface area contributed by atoms with Gasteiger partial charge in [-0.05, 0) is 18.6 Å². The minimum atomic E-state index is -3.60. The van der Waals surface area contributed by atoms with Gasteiger partial charge in [0.05, 0.1) is 18.0 Å². The van der Waals surface area contributed by atoms with Gasteiger partial charge in [-0.25, -0.2) is 13.1 Å². The second kappa shape index (κ2) is 5.66. The minimum absolute atomic E-state index is 0.251. The van der Waals surface area contributed by atoms with E-state index >= 15 is 0 Å². The zero-order chi connectivity index (χ0) is 13.8. The van der Waals surface area contributed by atoms with E-state index in [4.69, 9.17) is 10.8 Å². The molecule has 0 radical (unpaired) electrons. The molecular formula is C11H18N2O4S. The van der Waals surface area contributed by atoms with Crippen LogP contribution in [0, 0.1) is 0 Å². The lowest BCUT2D eigenvalue weighted by Crippen LogP contribution is -2.43. The normalized spacial score (nSPS) is 15.3. The number of hydrogen-bond acceptors (Lipinski definition) is 5. The van der Waals surface area contributed by atoms with Crippen LogP contribution in [-0.4, -0.2) is 37.4 Å². The van der Waals surface area contributed by atoms with Gasteiger partial charge in [0.1, 0.15) is 0 Å². The zero-order valence-electron chi connectivity index (χ0n) is 10.1. The van der Waals surface area contributed by atoms with E-state index in [1.54, 1.807) is 24.3 Å². The highest BCUT2D eigenvalue weighted by Crippen LogP contribution is 2.13. The predicted octanol–water partition coefficient (Wildman–Crippen LogP) is -0.568. The molecule has 0 aromatic heterocycles. The molecule has 1 rings (SSSR count). The van der Waals surface area contributed by atoms with Gasteiger partial charge < -0.3 is 15.9 Å². The van der Waals surface area contributed by atoms with Crippen molar-refractivity contribution in [2.75, 3.05) is 18.9 Å². The third-order valence-corrected chi connectivity index (χ3v) is 3.69. The van der Waals surface area contributed by atoms with Crippen molar-refractivity contribution in [2.45, 2.75) is 18.3 Å². The Morgan fingerprint density at radius 1 is 1.39 bits per heavy atom. The molecule has 1 aromatic rings. The van der Waals surface area contributed by atoms with E-state index in [-0.39, 0.29) is 12.3 Å². The first-order valence-corrected chi connectivity index (χ1v) is 7.05. The van der Waals surface area contributed by atoms with Gasteiger partial charge in [0, 0.05) is 12.2 Å². The van der Waals surface area contributed by atoms with Gasteiger partial charge in [-0.1, -0.05) is 18.2 Å². The Labute approximate surface area is 106 Å². The van der Waals surface area contributed by atoms with Gasteiger partial charge in [0.25, 0.3) is 0 Å². The predicted molar refractivity (Wildman–Crippen MR) is 69.2 cm³/mol. The Kier molecular flexibility index (Phi) is 4.69. The summed E-state index contributed by atoms with van der Waals surface area (Å²) < 4.78 is 25.7. The van der Waals surface area contributed by atoms with Gasteiger partial charge in [0.2, 0.25) is 10.0 Å². The Balaban J connectivity index is 2.69. The van der Waals surface area contributed by atoms with E-state index in [0.29, 0.717) is 11.3 Å². The minimum Gasteiger partial charge on any atom is -0.398 e. The highest BCUT2D eigenvalue weighted by molar-refractivity contribution is 7.88. The molecule has 0 fully saturated rings. The molecule has 5 N–H and O–H groups in total. The van der Waals surface area contributed by atoms with Crippen molar-refractivity contribution in [1.82, 2.24) is 4.72 Å². The fraction of sp³-hybridized carbons (Fsp3) is 0.455. The maximum absolute atomic E-state index is 11.8. The number of rotatable bonds is 6. The average Bonchev–Trinajstić information content (AvgIpc) is 2.30. The molecule has 18 heavy (non-hydrogen) atoms. The molecule has 1 aromatic carbocycles. The van der Waals surface area contributed by atoms with Crippen LogP contribution in [0.3, 0.4) is 0 Å². The summed E-state index contributed by atoms with van der Waals surface area (Å²) in [6.07, 6.45) is 0. The van der Waals surface area contributed by atoms with Crippen molar-refractivity contribution in [3.05, 3.63) is 29.8 Å². The smallest absolute Gasteiger partial charge is 0.215 e. The SMILES string of the molecule is CC(O)(CO)CNS(=O)(=O)Cc1ccccc1N. The Morgan fingerprint density at radius 2 is 2.00 bits per heavy atom. The molecule has 0 aliphatic rings. The first-order valence-electron chi connectivity index (χ1n) is 5.40. The molecule has 7 heteroatoms. The molecule has 0 aliphatic carbocycles. The summed E-state index contributed by atoms with van der Waals surface area (Å²) in [6.45, 7) is 0.563. The van der Waals surface area contributed by atoms with Crippen molar-refractivity contribution < 1.29 is 18.6 Å². The number of hydrogen-bond donors (Lipinski definition) is 4. The van der Waals surface area contributed by atoms with E-state index in [1.165, 1.54) is 6.92 Å². The molecule has 1 atom stereocenters. The number of nitrogen functional groups attached to an aromatic ring is 1. The van der Waals surface area contributed by atoms with Crippen molar-refractivity contribution >= 4 is 15.7 Å². The second-order valence-electron chi connectivity index (χ2n) is 4.43. The number of aliphatic hydroxyl groups is 2. The topological polar surface area (TPSA) is 113 Å².